The Morgan fingerprint density at radius 1 is 1.30 bits per heavy atom. The monoisotopic (exact) mass is 336 g/mol. The molecule has 20 heavy (non-hydrogen) atoms. The van der Waals surface area contributed by atoms with Crippen LogP contribution in [0.15, 0.2) is 27.2 Å². The molecular weight excluding hydrogens is 320 g/mol. The minimum atomic E-state index is -0.190. The van der Waals surface area contributed by atoms with Gasteiger partial charge in [0.1, 0.15) is 5.56 Å². The van der Waals surface area contributed by atoms with Gasteiger partial charge in [0, 0.05) is 16.1 Å². The van der Waals surface area contributed by atoms with Crippen LogP contribution in [-0.4, -0.2) is 11.1 Å². The van der Waals surface area contributed by atoms with E-state index in [9.17, 15) is 4.79 Å². The summed E-state index contributed by atoms with van der Waals surface area (Å²) in [5.41, 5.74) is 2.95. The molecule has 0 radical (unpaired) electrons. The quantitative estimate of drug-likeness (QED) is 0.901. The minimum absolute atomic E-state index is 0.112. The lowest BCUT2D eigenvalue weighted by molar-refractivity contribution is 0.102. The minimum Gasteiger partial charge on any atom is -0.360 e. The molecule has 0 saturated carbocycles. The van der Waals surface area contributed by atoms with E-state index in [-0.39, 0.29) is 11.8 Å². The highest BCUT2D eigenvalue weighted by Crippen LogP contribution is 2.24. The maximum atomic E-state index is 12.4. The molecule has 0 aliphatic rings. The fraction of sp³-hybridized carbons (Fsp3) is 0.333. The summed E-state index contributed by atoms with van der Waals surface area (Å²) >= 11 is 3.42. The fourth-order valence-corrected chi connectivity index (χ4v) is 2.67. The Balaban J connectivity index is 2.31. The summed E-state index contributed by atoms with van der Waals surface area (Å²) in [7, 11) is 0. The molecule has 0 unspecified atom stereocenters. The molecule has 1 amide bonds. The molecule has 0 bridgehead atoms. The number of aromatic nitrogens is 1. The van der Waals surface area contributed by atoms with Crippen LogP contribution < -0.4 is 5.32 Å². The summed E-state index contributed by atoms with van der Waals surface area (Å²) in [5.74, 6) is 0.540. The van der Waals surface area contributed by atoms with Gasteiger partial charge in [-0.2, -0.15) is 0 Å². The van der Waals surface area contributed by atoms with Crippen molar-refractivity contribution in [3.8, 4) is 0 Å². The number of amides is 1. The van der Waals surface area contributed by atoms with Crippen molar-refractivity contribution in [1.82, 2.24) is 5.16 Å². The molecule has 1 N–H and O–H groups in total. The van der Waals surface area contributed by atoms with Crippen molar-refractivity contribution in [2.45, 2.75) is 33.6 Å². The molecular formula is C15H17BrN2O2. The topological polar surface area (TPSA) is 55.1 Å². The highest BCUT2D eigenvalue weighted by atomic mass is 79.9. The second-order valence-corrected chi connectivity index (χ2v) is 6.05. The van der Waals surface area contributed by atoms with Gasteiger partial charge in [0.15, 0.2) is 5.76 Å². The van der Waals surface area contributed by atoms with Gasteiger partial charge in [-0.1, -0.05) is 34.9 Å². The van der Waals surface area contributed by atoms with Gasteiger partial charge in [0.2, 0.25) is 0 Å². The van der Waals surface area contributed by atoms with E-state index in [0.29, 0.717) is 17.0 Å². The van der Waals surface area contributed by atoms with E-state index >= 15 is 0 Å². The molecule has 4 nitrogen and oxygen atoms in total. The number of benzene rings is 1. The molecule has 0 aliphatic heterocycles. The lowest BCUT2D eigenvalue weighted by Crippen LogP contribution is -2.15. The van der Waals surface area contributed by atoms with E-state index in [1.165, 1.54) is 0 Å². The zero-order chi connectivity index (χ0) is 14.9. The maximum Gasteiger partial charge on any atom is 0.261 e. The number of anilines is 1. The number of hydrogen-bond acceptors (Lipinski definition) is 3. The van der Waals surface area contributed by atoms with Crippen molar-refractivity contribution >= 4 is 27.5 Å². The Labute approximate surface area is 126 Å². The van der Waals surface area contributed by atoms with Gasteiger partial charge in [0.05, 0.1) is 5.69 Å². The van der Waals surface area contributed by atoms with Gasteiger partial charge in [-0.15, -0.1) is 0 Å². The summed E-state index contributed by atoms with van der Waals surface area (Å²) in [6.45, 7) is 7.70. The molecule has 1 aromatic carbocycles. The van der Waals surface area contributed by atoms with Gasteiger partial charge in [-0.25, -0.2) is 0 Å². The first-order valence-electron chi connectivity index (χ1n) is 6.43. The average molecular weight is 337 g/mol. The third-order valence-electron chi connectivity index (χ3n) is 2.94. The number of aryl methyl sites for hydroxylation is 2. The van der Waals surface area contributed by atoms with Gasteiger partial charge in [-0.3, -0.25) is 4.79 Å². The zero-order valence-electron chi connectivity index (χ0n) is 12.0. The van der Waals surface area contributed by atoms with Crippen molar-refractivity contribution in [2.24, 2.45) is 0 Å². The summed E-state index contributed by atoms with van der Waals surface area (Å²) in [5, 5.41) is 6.78. The average Bonchev–Trinajstić information content (AvgIpc) is 2.69. The Morgan fingerprint density at radius 2 is 2.00 bits per heavy atom. The van der Waals surface area contributed by atoms with Crippen LogP contribution >= 0.6 is 15.9 Å². The molecule has 0 fully saturated rings. The van der Waals surface area contributed by atoms with Crippen molar-refractivity contribution in [1.29, 1.82) is 0 Å². The number of nitrogens with zero attached hydrogens (tertiary/aromatic N) is 1. The predicted octanol–water partition coefficient (Wildman–Crippen LogP) is 4.43. The van der Waals surface area contributed by atoms with Crippen LogP contribution in [0.2, 0.25) is 0 Å². The van der Waals surface area contributed by atoms with Crippen LogP contribution in [0.1, 0.15) is 47.1 Å². The van der Waals surface area contributed by atoms with Crippen LogP contribution in [-0.2, 0) is 0 Å². The molecule has 0 saturated heterocycles. The first kappa shape index (κ1) is 14.8. The van der Waals surface area contributed by atoms with Gasteiger partial charge >= 0.3 is 0 Å². The number of carbonyl (C=O) groups excluding carboxylic acids is 1. The van der Waals surface area contributed by atoms with Crippen molar-refractivity contribution in [3.05, 3.63) is 45.3 Å². The largest absolute Gasteiger partial charge is 0.360 e. The Morgan fingerprint density at radius 3 is 2.60 bits per heavy atom. The van der Waals surface area contributed by atoms with Crippen molar-refractivity contribution in [2.75, 3.05) is 5.32 Å². The standard InChI is InChI=1S/C15H17BrN2O2/c1-8(2)14-13(10(4)18-20-14)15(19)17-12-6-9(3)5-11(16)7-12/h5-8H,1-4H3,(H,17,19). The molecule has 2 rings (SSSR count). The molecule has 106 valence electrons. The van der Waals surface area contributed by atoms with E-state index in [0.717, 1.165) is 15.7 Å². The van der Waals surface area contributed by atoms with Crippen LogP contribution in [0.25, 0.3) is 0 Å². The Bertz CT molecular complexity index is 627. The van der Waals surface area contributed by atoms with Gasteiger partial charge < -0.3 is 9.84 Å². The molecule has 1 aromatic heterocycles. The highest BCUT2D eigenvalue weighted by Gasteiger charge is 2.22. The number of halogens is 1. The smallest absolute Gasteiger partial charge is 0.261 e. The van der Waals surface area contributed by atoms with E-state index in [2.05, 4.69) is 26.4 Å². The molecule has 0 aliphatic carbocycles. The number of rotatable bonds is 3. The van der Waals surface area contributed by atoms with Crippen molar-refractivity contribution in [3.63, 3.8) is 0 Å². The number of carbonyl (C=O) groups is 1. The first-order chi connectivity index (χ1) is 9.38. The van der Waals surface area contributed by atoms with Crippen LogP contribution in [0.4, 0.5) is 5.69 Å². The lowest BCUT2D eigenvalue weighted by atomic mass is 10.0. The highest BCUT2D eigenvalue weighted by molar-refractivity contribution is 9.10. The summed E-state index contributed by atoms with van der Waals surface area (Å²) < 4.78 is 6.17. The summed E-state index contributed by atoms with van der Waals surface area (Å²) in [4.78, 5) is 12.4. The molecule has 0 spiro atoms. The number of nitrogens with one attached hydrogen (secondary N) is 1. The van der Waals surface area contributed by atoms with Gasteiger partial charge in [-0.05, 0) is 37.6 Å². The second kappa shape index (κ2) is 5.79. The van der Waals surface area contributed by atoms with E-state index in [1.54, 1.807) is 6.92 Å². The molecule has 5 heteroatoms. The fourth-order valence-electron chi connectivity index (χ4n) is 2.06. The van der Waals surface area contributed by atoms with E-state index < -0.39 is 0 Å². The summed E-state index contributed by atoms with van der Waals surface area (Å²) in [6.07, 6.45) is 0. The Kier molecular flexibility index (Phi) is 4.28. The van der Waals surface area contributed by atoms with E-state index in [1.807, 2.05) is 39.0 Å². The molecule has 2 aromatic rings. The van der Waals surface area contributed by atoms with Crippen LogP contribution in [0.5, 0.6) is 0 Å². The van der Waals surface area contributed by atoms with Crippen LogP contribution in [0, 0.1) is 13.8 Å². The van der Waals surface area contributed by atoms with Crippen molar-refractivity contribution < 1.29 is 9.32 Å². The lowest BCUT2D eigenvalue weighted by Gasteiger charge is -2.08. The van der Waals surface area contributed by atoms with E-state index in [4.69, 9.17) is 4.52 Å². The van der Waals surface area contributed by atoms with Gasteiger partial charge in [0.25, 0.3) is 5.91 Å². The Hall–Kier alpha value is -1.62. The first-order valence-corrected chi connectivity index (χ1v) is 7.22. The molecule has 1 heterocycles. The number of hydrogen-bond donors (Lipinski definition) is 1. The summed E-state index contributed by atoms with van der Waals surface area (Å²) in [6, 6.07) is 5.77. The SMILES string of the molecule is Cc1cc(Br)cc(NC(=O)c2c(C)noc2C(C)C)c1. The third-order valence-corrected chi connectivity index (χ3v) is 3.40. The maximum absolute atomic E-state index is 12.4. The third kappa shape index (κ3) is 3.10. The van der Waals surface area contributed by atoms with Crippen LogP contribution in [0.3, 0.4) is 0 Å². The normalized spacial score (nSPS) is 10.9. The molecule has 0 atom stereocenters. The predicted molar refractivity (Wildman–Crippen MR) is 82.2 cm³/mol. The second-order valence-electron chi connectivity index (χ2n) is 5.13. The zero-order valence-corrected chi connectivity index (χ0v) is 13.5.